The van der Waals surface area contributed by atoms with Crippen molar-refractivity contribution in [3.8, 4) is 0 Å². The van der Waals surface area contributed by atoms with Gasteiger partial charge in [-0.15, -0.1) is 0 Å². The Labute approximate surface area is 105 Å². The second-order valence-electron chi connectivity index (χ2n) is 4.67. The Balaban J connectivity index is 2.11. The summed E-state index contributed by atoms with van der Waals surface area (Å²) in [5, 5.41) is 11.0. The summed E-state index contributed by atoms with van der Waals surface area (Å²) in [6, 6.07) is 5.04. The molecular formula is C12H15ClN2O2. The molecular weight excluding hydrogens is 240 g/mol. The molecule has 5 heteroatoms. The third-order valence-electron chi connectivity index (χ3n) is 3.12. The fourth-order valence-corrected chi connectivity index (χ4v) is 2.41. The van der Waals surface area contributed by atoms with Gasteiger partial charge in [0.2, 0.25) is 0 Å². The topological polar surface area (TPSA) is 46.4 Å². The summed E-state index contributed by atoms with van der Waals surface area (Å²) in [7, 11) is 0. The lowest BCUT2D eigenvalue weighted by atomic mass is 10.2. The van der Waals surface area contributed by atoms with Gasteiger partial charge in [0.05, 0.1) is 4.92 Å². The van der Waals surface area contributed by atoms with Crippen LogP contribution in [-0.4, -0.2) is 22.9 Å². The molecule has 1 atom stereocenters. The van der Waals surface area contributed by atoms with E-state index in [2.05, 4.69) is 11.8 Å². The summed E-state index contributed by atoms with van der Waals surface area (Å²) in [5.41, 5.74) is 0.951. The molecule has 4 nitrogen and oxygen atoms in total. The molecule has 92 valence electrons. The Morgan fingerprint density at radius 2 is 2.35 bits per heavy atom. The third kappa shape index (κ3) is 2.96. The van der Waals surface area contributed by atoms with Crippen molar-refractivity contribution in [3.05, 3.63) is 38.9 Å². The second kappa shape index (κ2) is 5.02. The van der Waals surface area contributed by atoms with Crippen LogP contribution >= 0.6 is 11.6 Å². The van der Waals surface area contributed by atoms with Gasteiger partial charge in [-0.3, -0.25) is 15.0 Å². The van der Waals surface area contributed by atoms with Gasteiger partial charge in [-0.05, 0) is 30.5 Å². The fourth-order valence-electron chi connectivity index (χ4n) is 2.22. The first-order chi connectivity index (χ1) is 8.06. The number of halogens is 1. The molecule has 0 bridgehead atoms. The molecule has 1 aromatic rings. The van der Waals surface area contributed by atoms with Crippen LogP contribution in [0.3, 0.4) is 0 Å². The van der Waals surface area contributed by atoms with Crippen molar-refractivity contribution in [2.24, 2.45) is 5.92 Å². The highest BCUT2D eigenvalue weighted by Gasteiger charge is 2.20. The van der Waals surface area contributed by atoms with Crippen molar-refractivity contribution >= 4 is 17.3 Å². The van der Waals surface area contributed by atoms with Gasteiger partial charge in [-0.1, -0.05) is 24.6 Å². The highest BCUT2D eigenvalue weighted by Crippen LogP contribution is 2.26. The summed E-state index contributed by atoms with van der Waals surface area (Å²) in [4.78, 5) is 12.7. The van der Waals surface area contributed by atoms with E-state index < -0.39 is 4.92 Å². The molecule has 0 saturated carbocycles. The largest absolute Gasteiger partial charge is 0.299 e. The SMILES string of the molecule is CC1CCN(Cc2ccc(Cl)c([N+](=O)[O-])c2)C1. The minimum Gasteiger partial charge on any atom is -0.299 e. The van der Waals surface area contributed by atoms with E-state index in [-0.39, 0.29) is 10.7 Å². The van der Waals surface area contributed by atoms with E-state index in [1.165, 1.54) is 6.42 Å². The number of rotatable bonds is 3. The lowest BCUT2D eigenvalue weighted by Gasteiger charge is -2.15. The highest BCUT2D eigenvalue weighted by molar-refractivity contribution is 6.32. The molecule has 1 heterocycles. The predicted molar refractivity (Wildman–Crippen MR) is 67.2 cm³/mol. The lowest BCUT2D eigenvalue weighted by Crippen LogP contribution is -2.19. The Morgan fingerprint density at radius 3 is 2.94 bits per heavy atom. The molecule has 0 amide bonds. The number of likely N-dealkylation sites (tertiary alicyclic amines) is 1. The molecule has 0 spiro atoms. The number of nitro benzene ring substituents is 1. The van der Waals surface area contributed by atoms with Crippen LogP contribution in [0, 0.1) is 16.0 Å². The van der Waals surface area contributed by atoms with Crippen molar-refractivity contribution in [1.82, 2.24) is 4.90 Å². The van der Waals surface area contributed by atoms with Crippen LogP contribution in [0.1, 0.15) is 18.9 Å². The molecule has 1 saturated heterocycles. The van der Waals surface area contributed by atoms with E-state index >= 15 is 0 Å². The number of nitro groups is 1. The number of hydrogen-bond acceptors (Lipinski definition) is 3. The second-order valence-corrected chi connectivity index (χ2v) is 5.08. The third-order valence-corrected chi connectivity index (χ3v) is 3.44. The Hall–Kier alpha value is -1.13. The monoisotopic (exact) mass is 254 g/mol. The number of nitrogens with zero attached hydrogens (tertiary/aromatic N) is 2. The summed E-state index contributed by atoms with van der Waals surface area (Å²) in [5.74, 6) is 0.720. The average molecular weight is 255 g/mol. The van der Waals surface area contributed by atoms with Crippen LogP contribution < -0.4 is 0 Å². The van der Waals surface area contributed by atoms with E-state index in [1.54, 1.807) is 12.1 Å². The maximum absolute atomic E-state index is 10.8. The standard InChI is InChI=1S/C12H15ClN2O2/c1-9-4-5-14(7-9)8-10-2-3-11(13)12(6-10)15(16)17/h2-3,6,9H,4-5,7-8H2,1H3. The molecule has 1 aliphatic heterocycles. The van der Waals surface area contributed by atoms with Crippen molar-refractivity contribution in [3.63, 3.8) is 0 Å². The van der Waals surface area contributed by atoms with E-state index in [9.17, 15) is 10.1 Å². The Bertz CT molecular complexity index is 437. The summed E-state index contributed by atoms with van der Waals surface area (Å²) >= 11 is 5.78. The first-order valence-corrected chi connectivity index (χ1v) is 6.09. The van der Waals surface area contributed by atoms with Gasteiger partial charge in [0.1, 0.15) is 5.02 Å². The van der Waals surface area contributed by atoms with Gasteiger partial charge >= 0.3 is 0 Å². The molecule has 0 aromatic heterocycles. The molecule has 0 aliphatic carbocycles. The molecule has 0 radical (unpaired) electrons. The number of benzene rings is 1. The molecule has 1 unspecified atom stereocenters. The smallest absolute Gasteiger partial charge is 0.288 e. The highest BCUT2D eigenvalue weighted by atomic mass is 35.5. The molecule has 1 aliphatic rings. The van der Waals surface area contributed by atoms with Crippen LogP contribution in [0.15, 0.2) is 18.2 Å². The molecule has 0 N–H and O–H groups in total. The summed E-state index contributed by atoms with van der Waals surface area (Å²) in [6.45, 7) is 5.13. The average Bonchev–Trinajstić information content (AvgIpc) is 2.66. The quantitative estimate of drug-likeness (QED) is 0.615. The van der Waals surface area contributed by atoms with Crippen molar-refractivity contribution in [1.29, 1.82) is 0 Å². The maximum atomic E-state index is 10.8. The fraction of sp³-hybridized carbons (Fsp3) is 0.500. The van der Waals surface area contributed by atoms with Gasteiger partial charge in [0, 0.05) is 19.2 Å². The first-order valence-electron chi connectivity index (χ1n) is 5.71. The van der Waals surface area contributed by atoms with E-state index in [0.717, 1.165) is 31.1 Å². The summed E-state index contributed by atoms with van der Waals surface area (Å²) in [6.07, 6.45) is 1.20. The van der Waals surface area contributed by atoms with Crippen molar-refractivity contribution in [2.75, 3.05) is 13.1 Å². The zero-order valence-electron chi connectivity index (χ0n) is 9.73. The van der Waals surface area contributed by atoms with Crippen LogP contribution in [-0.2, 0) is 6.54 Å². The molecule has 1 fully saturated rings. The Kier molecular flexibility index (Phi) is 3.64. The van der Waals surface area contributed by atoms with E-state index in [0.29, 0.717) is 0 Å². The van der Waals surface area contributed by atoms with Gasteiger partial charge in [-0.2, -0.15) is 0 Å². The van der Waals surface area contributed by atoms with Gasteiger partial charge in [0.15, 0.2) is 0 Å². The maximum Gasteiger partial charge on any atom is 0.288 e. The van der Waals surface area contributed by atoms with Crippen molar-refractivity contribution in [2.45, 2.75) is 19.9 Å². The normalized spacial score (nSPS) is 20.7. The van der Waals surface area contributed by atoms with Crippen LogP contribution in [0.25, 0.3) is 0 Å². The lowest BCUT2D eigenvalue weighted by molar-refractivity contribution is -0.384. The van der Waals surface area contributed by atoms with Gasteiger partial charge in [0.25, 0.3) is 5.69 Å². The van der Waals surface area contributed by atoms with E-state index in [4.69, 9.17) is 11.6 Å². The Morgan fingerprint density at radius 1 is 1.59 bits per heavy atom. The van der Waals surface area contributed by atoms with E-state index in [1.807, 2.05) is 6.07 Å². The first kappa shape index (κ1) is 12.3. The minimum atomic E-state index is -0.432. The van der Waals surface area contributed by atoms with Crippen molar-refractivity contribution < 1.29 is 4.92 Å². The van der Waals surface area contributed by atoms with Crippen LogP contribution in [0.2, 0.25) is 5.02 Å². The van der Waals surface area contributed by atoms with Crippen LogP contribution in [0.4, 0.5) is 5.69 Å². The number of hydrogen-bond donors (Lipinski definition) is 0. The van der Waals surface area contributed by atoms with Gasteiger partial charge in [-0.25, -0.2) is 0 Å². The minimum absolute atomic E-state index is 0.00332. The molecule has 17 heavy (non-hydrogen) atoms. The predicted octanol–water partition coefficient (Wildman–Crippen LogP) is 3.09. The molecule has 2 rings (SSSR count). The summed E-state index contributed by atoms with van der Waals surface area (Å²) < 4.78 is 0. The van der Waals surface area contributed by atoms with Gasteiger partial charge < -0.3 is 0 Å². The zero-order valence-corrected chi connectivity index (χ0v) is 10.5. The van der Waals surface area contributed by atoms with Crippen LogP contribution in [0.5, 0.6) is 0 Å². The molecule has 1 aromatic carbocycles. The zero-order chi connectivity index (χ0) is 12.4.